The van der Waals surface area contributed by atoms with E-state index in [1.807, 2.05) is 0 Å². The molecular weight excluding hydrogens is 292 g/mol. The largest absolute Gasteiger partial charge is 0.481 e. The van der Waals surface area contributed by atoms with Crippen LogP contribution in [0.15, 0.2) is 0 Å². The van der Waals surface area contributed by atoms with Crippen molar-refractivity contribution in [2.75, 3.05) is 18.5 Å². The van der Waals surface area contributed by atoms with E-state index in [0.29, 0.717) is 31.2 Å². The zero-order valence-corrected chi connectivity index (χ0v) is 12.4. The molecule has 0 bridgehead atoms. The maximum atomic E-state index is 12.2. The summed E-state index contributed by atoms with van der Waals surface area (Å²) in [4.78, 5) is 28.7. The molecule has 1 atom stereocenters. The number of carbonyl (C=O) groups is 2. The molecule has 1 amide bonds. The molecule has 114 valence electrons. The Balaban J connectivity index is 1.65. The van der Waals surface area contributed by atoms with Crippen molar-refractivity contribution >= 4 is 28.3 Å². The van der Waals surface area contributed by atoms with Gasteiger partial charge in [0, 0.05) is 30.4 Å². The highest BCUT2D eigenvalue weighted by atomic mass is 32.1. The summed E-state index contributed by atoms with van der Waals surface area (Å²) in [7, 11) is 0. The number of hydrogen-bond acceptors (Lipinski definition) is 5. The van der Waals surface area contributed by atoms with Crippen molar-refractivity contribution in [3.05, 3.63) is 10.6 Å². The van der Waals surface area contributed by atoms with Gasteiger partial charge in [0.2, 0.25) is 5.91 Å². The number of rotatable bonds is 3. The number of hydrogen-bond donors (Lipinski definition) is 2. The molecule has 6 nitrogen and oxygen atoms in total. The lowest BCUT2D eigenvalue weighted by Crippen LogP contribution is -2.28. The molecule has 0 spiro atoms. The number of aryl methyl sites for hydroxylation is 1. The molecule has 21 heavy (non-hydrogen) atoms. The van der Waals surface area contributed by atoms with Gasteiger partial charge in [-0.2, -0.15) is 0 Å². The van der Waals surface area contributed by atoms with Crippen LogP contribution in [0.1, 0.15) is 29.8 Å². The zero-order valence-electron chi connectivity index (χ0n) is 11.6. The van der Waals surface area contributed by atoms with E-state index in [9.17, 15) is 9.59 Å². The number of aliphatic carboxylic acids is 1. The van der Waals surface area contributed by atoms with Gasteiger partial charge in [0.05, 0.1) is 11.6 Å². The third-order valence-electron chi connectivity index (χ3n) is 4.11. The molecule has 1 saturated heterocycles. The molecule has 0 radical (unpaired) electrons. The first kappa shape index (κ1) is 14.5. The van der Waals surface area contributed by atoms with Crippen molar-refractivity contribution in [3.63, 3.8) is 0 Å². The number of thiazole rings is 1. The number of nitrogens with one attached hydrogen (secondary N) is 1. The number of ether oxygens (including phenoxy) is 1. The van der Waals surface area contributed by atoms with Gasteiger partial charge in [-0.3, -0.25) is 9.59 Å². The molecule has 0 saturated carbocycles. The Morgan fingerprint density at radius 3 is 2.71 bits per heavy atom. The SMILES string of the molecule is O=C(O)C1CCc2sc(NC(=O)C3CCOCC3)nc2C1. The van der Waals surface area contributed by atoms with Crippen LogP contribution in [-0.2, 0) is 27.2 Å². The van der Waals surface area contributed by atoms with E-state index in [0.717, 1.165) is 29.8 Å². The molecule has 0 aromatic carbocycles. The van der Waals surface area contributed by atoms with E-state index >= 15 is 0 Å². The van der Waals surface area contributed by atoms with Gasteiger partial charge >= 0.3 is 5.97 Å². The van der Waals surface area contributed by atoms with Crippen molar-refractivity contribution in [3.8, 4) is 0 Å². The molecule has 2 N–H and O–H groups in total. The first-order valence-electron chi connectivity index (χ1n) is 7.23. The van der Waals surface area contributed by atoms with Crippen LogP contribution in [0, 0.1) is 11.8 Å². The van der Waals surface area contributed by atoms with Crippen LogP contribution in [0.2, 0.25) is 0 Å². The van der Waals surface area contributed by atoms with Gasteiger partial charge in [0.1, 0.15) is 0 Å². The predicted molar refractivity (Wildman–Crippen MR) is 77.4 cm³/mol. The number of anilines is 1. The van der Waals surface area contributed by atoms with Crippen LogP contribution >= 0.6 is 11.3 Å². The standard InChI is InChI=1S/C14H18N2O4S/c17-12(8-3-5-20-6-4-8)16-14-15-10-7-9(13(18)19)1-2-11(10)21-14/h8-9H,1-7H2,(H,18,19)(H,15,16,17). The second kappa shape index (κ2) is 6.11. The Labute approximate surface area is 126 Å². The minimum Gasteiger partial charge on any atom is -0.481 e. The summed E-state index contributed by atoms with van der Waals surface area (Å²) >= 11 is 1.47. The van der Waals surface area contributed by atoms with E-state index in [4.69, 9.17) is 9.84 Å². The second-order valence-electron chi connectivity index (χ2n) is 5.54. The van der Waals surface area contributed by atoms with Crippen molar-refractivity contribution in [1.82, 2.24) is 4.98 Å². The van der Waals surface area contributed by atoms with Gasteiger partial charge in [-0.1, -0.05) is 0 Å². The Bertz CT molecular complexity index is 551. The lowest BCUT2D eigenvalue weighted by Gasteiger charge is -2.20. The number of carboxylic acids is 1. The van der Waals surface area contributed by atoms with Crippen molar-refractivity contribution in [2.24, 2.45) is 11.8 Å². The van der Waals surface area contributed by atoms with Crippen molar-refractivity contribution in [2.45, 2.75) is 32.1 Å². The molecule has 7 heteroatoms. The van der Waals surface area contributed by atoms with Crippen LogP contribution in [-0.4, -0.2) is 35.2 Å². The number of nitrogens with zero attached hydrogens (tertiary/aromatic N) is 1. The Morgan fingerprint density at radius 2 is 2.00 bits per heavy atom. The molecule has 2 aliphatic rings. The topological polar surface area (TPSA) is 88.5 Å². The Kier molecular flexibility index (Phi) is 4.21. The maximum Gasteiger partial charge on any atom is 0.306 e. The monoisotopic (exact) mass is 310 g/mol. The van der Waals surface area contributed by atoms with Gasteiger partial charge in [-0.05, 0) is 25.7 Å². The molecule has 3 rings (SSSR count). The summed E-state index contributed by atoms with van der Waals surface area (Å²) in [5.74, 6) is -1.12. The van der Waals surface area contributed by atoms with Gasteiger partial charge < -0.3 is 15.2 Å². The van der Waals surface area contributed by atoms with Gasteiger partial charge in [-0.25, -0.2) is 4.98 Å². The normalized spacial score (nSPS) is 22.6. The molecule has 2 heterocycles. The number of fused-ring (bicyclic) bond motifs is 1. The molecule has 1 aliphatic carbocycles. The summed E-state index contributed by atoms with van der Waals surface area (Å²) in [5.41, 5.74) is 0.834. The summed E-state index contributed by atoms with van der Waals surface area (Å²) < 4.78 is 5.25. The fraction of sp³-hybridized carbons (Fsp3) is 0.643. The average molecular weight is 310 g/mol. The molecule has 1 aromatic rings. The number of amides is 1. The minimum absolute atomic E-state index is 0.000758. The van der Waals surface area contributed by atoms with E-state index in [-0.39, 0.29) is 17.7 Å². The third-order valence-corrected chi connectivity index (χ3v) is 5.18. The third kappa shape index (κ3) is 3.24. The summed E-state index contributed by atoms with van der Waals surface area (Å²) in [6, 6.07) is 0. The smallest absolute Gasteiger partial charge is 0.306 e. The zero-order chi connectivity index (χ0) is 14.8. The lowest BCUT2D eigenvalue weighted by molar-refractivity contribution is -0.142. The number of carbonyl (C=O) groups excluding carboxylic acids is 1. The quantitative estimate of drug-likeness (QED) is 0.887. The van der Waals surface area contributed by atoms with Crippen LogP contribution in [0.4, 0.5) is 5.13 Å². The Hall–Kier alpha value is -1.47. The second-order valence-corrected chi connectivity index (χ2v) is 6.63. The van der Waals surface area contributed by atoms with Crippen molar-refractivity contribution < 1.29 is 19.4 Å². The molecule has 1 aromatic heterocycles. The first-order valence-corrected chi connectivity index (χ1v) is 8.05. The van der Waals surface area contributed by atoms with Gasteiger partial charge in [0.25, 0.3) is 0 Å². The van der Waals surface area contributed by atoms with Crippen LogP contribution in [0.5, 0.6) is 0 Å². The molecule has 1 unspecified atom stereocenters. The fourth-order valence-corrected chi connectivity index (χ4v) is 3.82. The highest BCUT2D eigenvalue weighted by molar-refractivity contribution is 7.15. The minimum atomic E-state index is -0.763. The van der Waals surface area contributed by atoms with E-state index in [2.05, 4.69) is 10.3 Å². The van der Waals surface area contributed by atoms with Crippen LogP contribution in [0.25, 0.3) is 0 Å². The number of aromatic nitrogens is 1. The van der Waals surface area contributed by atoms with E-state index in [1.54, 1.807) is 0 Å². The number of carboxylic acid groups (broad SMARTS) is 1. The van der Waals surface area contributed by atoms with E-state index in [1.165, 1.54) is 11.3 Å². The first-order chi connectivity index (χ1) is 10.1. The van der Waals surface area contributed by atoms with E-state index < -0.39 is 5.97 Å². The predicted octanol–water partition coefficient (Wildman–Crippen LogP) is 1.70. The van der Waals surface area contributed by atoms with Crippen molar-refractivity contribution in [1.29, 1.82) is 0 Å². The van der Waals surface area contributed by atoms with Crippen LogP contribution < -0.4 is 5.32 Å². The molecule has 1 aliphatic heterocycles. The van der Waals surface area contributed by atoms with Gasteiger partial charge in [-0.15, -0.1) is 11.3 Å². The maximum absolute atomic E-state index is 12.2. The highest BCUT2D eigenvalue weighted by Crippen LogP contribution is 2.32. The Morgan fingerprint density at radius 1 is 1.24 bits per heavy atom. The highest BCUT2D eigenvalue weighted by Gasteiger charge is 2.28. The summed E-state index contributed by atoms with van der Waals surface area (Å²) in [5, 5.41) is 12.6. The fourth-order valence-electron chi connectivity index (χ4n) is 2.81. The molecule has 1 fully saturated rings. The average Bonchev–Trinajstić information content (AvgIpc) is 2.89. The molecular formula is C14H18N2O4S. The van der Waals surface area contributed by atoms with Crippen LogP contribution in [0.3, 0.4) is 0 Å². The summed E-state index contributed by atoms with van der Waals surface area (Å²) in [6.45, 7) is 1.26. The summed E-state index contributed by atoms with van der Waals surface area (Å²) in [6.07, 6.45) is 3.35. The van der Waals surface area contributed by atoms with Gasteiger partial charge in [0.15, 0.2) is 5.13 Å². The lowest BCUT2D eigenvalue weighted by atomic mass is 9.91.